The summed E-state index contributed by atoms with van der Waals surface area (Å²) >= 11 is 0. The van der Waals surface area contributed by atoms with E-state index in [2.05, 4.69) is 4.90 Å². The predicted octanol–water partition coefficient (Wildman–Crippen LogP) is -0.515. The zero-order valence-electron chi connectivity index (χ0n) is 7.65. The van der Waals surface area contributed by atoms with Gasteiger partial charge in [0.05, 0.1) is 6.10 Å². The maximum Gasteiger partial charge on any atom is 0.241 e. The van der Waals surface area contributed by atoms with Gasteiger partial charge in [-0.05, 0) is 25.5 Å². The van der Waals surface area contributed by atoms with E-state index in [0.717, 1.165) is 19.4 Å². The van der Waals surface area contributed by atoms with Crippen molar-refractivity contribution >= 4 is 5.91 Å². The van der Waals surface area contributed by atoms with Crippen LogP contribution in [0.4, 0.5) is 0 Å². The van der Waals surface area contributed by atoms with Gasteiger partial charge >= 0.3 is 0 Å². The molecule has 0 spiro atoms. The molecule has 0 aromatic rings. The summed E-state index contributed by atoms with van der Waals surface area (Å²) in [7, 11) is 0. The number of aliphatic hydroxyl groups excluding tert-OH is 1. The molecule has 1 aliphatic heterocycles. The Labute approximate surface area is 78.0 Å². The molecule has 0 radical (unpaired) electrons. The second kappa shape index (κ2) is 4.99. The van der Waals surface area contributed by atoms with Gasteiger partial charge in [-0.15, -0.1) is 0 Å². The molecule has 4 nitrogen and oxygen atoms in total. The minimum absolute atomic E-state index is 0.212. The molecule has 0 aliphatic carbocycles. The number of likely N-dealkylation sites (tertiary alicyclic amines) is 1. The van der Waals surface area contributed by atoms with Crippen molar-refractivity contribution in [2.45, 2.75) is 18.9 Å². The SMILES string of the molecule is NC(=O)C=CCN1CCCC(O)C1. The van der Waals surface area contributed by atoms with Gasteiger partial charge in [0.25, 0.3) is 0 Å². The highest BCUT2D eigenvalue weighted by Crippen LogP contribution is 2.08. The Balaban J connectivity index is 2.24. The normalized spacial score (nSPS) is 25.2. The molecular formula is C9H16N2O2. The van der Waals surface area contributed by atoms with Crippen molar-refractivity contribution in [1.82, 2.24) is 4.90 Å². The fourth-order valence-electron chi connectivity index (χ4n) is 1.51. The minimum Gasteiger partial charge on any atom is -0.392 e. The van der Waals surface area contributed by atoms with Crippen LogP contribution in [-0.4, -0.2) is 41.7 Å². The molecule has 1 fully saturated rings. The highest BCUT2D eigenvalue weighted by molar-refractivity contribution is 5.85. The third-order valence-electron chi connectivity index (χ3n) is 2.13. The summed E-state index contributed by atoms with van der Waals surface area (Å²) in [5.74, 6) is -0.419. The maximum absolute atomic E-state index is 10.4. The number of carbonyl (C=O) groups excluding carboxylic acids is 1. The van der Waals surface area contributed by atoms with Gasteiger partial charge in [0, 0.05) is 13.1 Å². The van der Waals surface area contributed by atoms with Crippen molar-refractivity contribution in [3.63, 3.8) is 0 Å². The Morgan fingerprint density at radius 3 is 3.08 bits per heavy atom. The number of carbonyl (C=O) groups is 1. The van der Waals surface area contributed by atoms with E-state index >= 15 is 0 Å². The van der Waals surface area contributed by atoms with E-state index in [1.807, 2.05) is 0 Å². The molecule has 1 heterocycles. The number of nitrogens with two attached hydrogens (primary N) is 1. The van der Waals surface area contributed by atoms with Crippen LogP contribution in [0.2, 0.25) is 0 Å². The second-order valence-electron chi connectivity index (χ2n) is 3.36. The lowest BCUT2D eigenvalue weighted by molar-refractivity contribution is -0.113. The van der Waals surface area contributed by atoms with Gasteiger partial charge in [0.1, 0.15) is 0 Å². The summed E-state index contributed by atoms with van der Waals surface area (Å²) in [4.78, 5) is 12.5. The molecule has 1 unspecified atom stereocenters. The molecule has 1 amide bonds. The summed E-state index contributed by atoms with van der Waals surface area (Å²) in [6.07, 6.45) is 4.79. The molecule has 1 aliphatic rings. The van der Waals surface area contributed by atoms with Gasteiger partial charge < -0.3 is 10.8 Å². The van der Waals surface area contributed by atoms with Crippen molar-refractivity contribution in [2.24, 2.45) is 5.73 Å². The Hall–Kier alpha value is -0.870. The Kier molecular flexibility index (Phi) is 3.92. The molecular weight excluding hydrogens is 168 g/mol. The Morgan fingerprint density at radius 2 is 2.46 bits per heavy atom. The summed E-state index contributed by atoms with van der Waals surface area (Å²) < 4.78 is 0. The number of rotatable bonds is 3. The van der Waals surface area contributed by atoms with Crippen molar-refractivity contribution in [3.05, 3.63) is 12.2 Å². The number of primary amides is 1. The quantitative estimate of drug-likeness (QED) is 0.580. The predicted molar refractivity (Wildman–Crippen MR) is 50.0 cm³/mol. The van der Waals surface area contributed by atoms with Gasteiger partial charge in [-0.3, -0.25) is 9.69 Å². The van der Waals surface area contributed by atoms with Gasteiger partial charge in [0.2, 0.25) is 5.91 Å². The summed E-state index contributed by atoms with van der Waals surface area (Å²) in [5, 5.41) is 9.33. The molecule has 0 bridgehead atoms. The zero-order chi connectivity index (χ0) is 9.68. The van der Waals surface area contributed by atoms with Crippen LogP contribution in [0.3, 0.4) is 0 Å². The summed E-state index contributed by atoms with van der Waals surface area (Å²) in [6.45, 7) is 2.38. The number of β-amino-alcohol motifs (C(OH)–C–C–N with tert-alkyl or cyclic N) is 1. The van der Waals surface area contributed by atoms with Crippen LogP contribution in [0.5, 0.6) is 0 Å². The van der Waals surface area contributed by atoms with Crippen molar-refractivity contribution < 1.29 is 9.90 Å². The first-order valence-electron chi connectivity index (χ1n) is 4.55. The van der Waals surface area contributed by atoms with Crippen LogP contribution in [0.15, 0.2) is 12.2 Å². The van der Waals surface area contributed by atoms with Crippen LogP contribution in [-0.2, 0) is 4.79 Å². The van der Waals surface area contributed by atoms with E-state index in [4.69, 9.17) is 5.73 Å². The van der Waals surface area contributed by atoms with Crippen LogP contribution in [0, 0.1) is 0 Å². The molecule has 0 aromatic carbocycles. The molecule has 4 heteroatoms. The summed E-state index contributed by atoms with van der Waals surface area (Å²) in [6, 6.07) is 0. The topological polar surface area (TPSA) is 66.6 Å². The number of amides is 1. The summed E-state index contributed by atoms with van der Waals surface area (Å²) in [5.41, 5.74) is 4.94. The van der Waals surface area contributed by atoms with E-state index in [0.29, 0.717) is 13.1 Å². The second-order valence-corrected chi connectivity index (χ2v) is 3.36. The molecule has 1 saturated heterocycles. The monoisotopic (exact) mass is 184 g/mol. The molecule has 0 saturated carbocycles. The Morgan fingerprint density at radius 1 is 1.69 bits per heavy atom. The highest BCUT2D eigenvalue weighted by atomic mass is 16.3. The standard InChI is InChI=1S/C9H16N2O2/c10-9(13)4-2-6-11-5-1-3-8(12)7-11/h2,4,8,12H,1,3,5-7H2,(H2,10,13). The van der Waals surface area contributed by atoms with Crippen molar-refractivity contribution in [3.8, 4) is 0 Å². The lowest BCUT2D eigenvalue weighted by atomic mass is 10.1. The fourth-order valence-corrected chi connectivity index (χ4v) is 1.51. The maximum atomic E-state index is 10.4. The van der Waals surface area contributed by atoms with Gasteiger partial charge in [-0.1, -0.05) is 6.08 Å². The Bertz CT molecular complexity index is 204. The van der Waals surface area contributed by atoms with Crippen molar-refractivity contribution in [2.75, 3.05) is 19.6 Å². The third kappa shape index (κ3) is 4.05. The zero-order valence-corrected chi connectivity index (χ0v) is 7.65. The van der Waals surface area contributed by atoms with E-state index in [-0.39, 0.29) is 6.10 Å². The van der Waals surface area contributed by atoms with E-state index in [9.17, 15) is 9.90 Å². The van der Waals surface area contributed by atoms with E-state index in [1.165, 1.54) is 6.08 Å². The van der Waals surface area contributed by atoms with Crippen molar-refractivity contribution in [1.29, 1.82) is 0 Å². The molecule has 3 N–H and O–H groups in total. The van der Waals surface area contributed by atoms with Crippen LogP contribution < -0.4 is 5.73 Å². The average molecular weight is 184 g/mol. The van der Waals surface area contributed by atoms with E-state index in [1.54, 1.807) is 6.08 Å². The van der Waals surface area contributed by atoms with Crippen LogP contribution >= 0.6 is 0 Å². The molecule has 74 valence electrons. The first kappa shape index (κ1) is 10.2. The number of nitrogens with zero attached hydrogens (tertiary/aromatic N) is 1. The molecule has 13 heavy (non-hydrogen) atoms. The minimum atomic E-state index is -0.419. The first-order chi connectivity index (χ1) is 6.18. The number of hydrogen-bond donors (Lipinski definition) is 2. The highest BCUT2D eigenvalue weighted by Gasteiger charge is 2.15. The van der Waals surface area contributed by atoms with Gasteiger partial charge in [-0.2, -0.15) is 0 Å². The molecule has 1 rings (SSSR count). The fraction of sp³-hybridized carbons (Fsp3) is 0.667. The van der Waals surface area contributed by atoms with Gasteiger partial charge in [0.15, 0.2) is 0 Å². The molecule has 1 atom stereocenters. The molecule has 0 aromatic heterocycles. The lowest BCUT2D eigenvalue weighted by Gasteiger charge is -2.28. The smallest absolute Gasteiger partial charge is 0.241 e. The van der Waals surface area contributed by atoms with E-state index < -0.39 is 5.91 Å². The lowest BCUT2D eigenvalue weighted by Crippen LogP contribution is -2.38. The van der Waals surface area contributed by atoms with Gasteiger partial charge in [-0.25, -0.2) is 0 Å². The third-order valence-corrected chi connectivity index (χ3v) is 2.13. The van der Waals surface area contributed by atoms with Crippen LogP contribution in [0.1, 0.15) is 12.8 Å². The van der Waals surface area contributed by atoms with Crippen LogP contribution in [0.25, 0.3) is 0 Å². The average Bonchev–Trinajstić information content (AvgIpc) is 2.03. The largest absolute Gasteiger partial charge is 0.392 e. The number of aliphatic hydroxyl groups is 1. The first-order valence-corrected chi connectivity index (χ1v) is 4.55. The number of hydrogen-bond acceptors (Lipinski definition) is 3. The number of piperidine rings is 1.